The first-order chi connectivity index (χ1) is 11.3. The zero-order valence-corrected chi connectivity index (χ0v) is 14.4. The Balaban J connectivity index is 1.56. The minimum Gasteiger partial charge on any atom is -0.508 e. The highest BCUT2D eigenvalue weighted by atomic mass is 16.3. The van der Waals surface area contributed by atoms with Gasteiger partial charge >= 0.3 is 0 Å². The molecule has 1 fully saturated rings. The largest absolute Gasteiger partial charge is 0.508 e. The Morgan fingerprint density at radius 2 is 1.61 bits per heavy atom. The van der Waals surface area contributed by atoms with E-state index in [1.54, 1.807) is 6.07 Å². The summed E-state index contributed by atoms with van der Waals surface area (Å²) in [4.78, 5) is 0. The third-order valence-electron chi connectivity index (χ3n) is 5.63. The minimum atomic E-state index is 0.355. The van der Waals surface area contributed by atoms with Crippen LogP contribution in [-0.4, -0.2) is 5.11 Å². The molecule has 124 valence electrons. The molecule has 1 N–H and O–H groups in total. The normalized spacial score (nSPS) is 21.6. The Morgan fingerprint density at radius 1 is 0.870 bits per heavy atom. The van der Waals surface area contributed by atoms with Crippen LogP contribution in [0.15, 0.2) is 36.4 Å². The third kappa shape index (κ3) is 4.28. The second kappa shape index (κ2) is 7.86. The van der Waals surface area contributed by atoms with Gasteiger partial charge in [-0.2, -0.15) is 0 Å². The molecule has 23 heavy (non-hydrogen) atoms. The number of rotatable bonds is 6. The molecule has 1 aliphatic rings. The van der Waals surface area contributed by atoms with Crippen LogP contribution in [0.25, 0.3) is 10.8 Å². The molecule has 0 amide bonds. The molecule has 3 rings (SSSR count). The van der Waals surface area contributed by atoms with Crippen LogP contribution in [0.1, 0.15) is 76.2 Å². The van der Waals surface area contributed by atoms with E-state index in [2.05, 4.69) is 25.1 Å². The second-order valence-corrected chi connectivity index (χ2v) is 7.36. The van der Waals surface area contributed by atoms with E-state index < -0.39 is 0 Å². The fraction of sp³-hybridized carbons (Fsp3) is 0.545. The van der Waals surface area contributed by atoms with E-state index in [1.807, 2.05) is 12.1 Å². The summed E-state index contributed by atoms with van der Waals surface area (Å²) in [5.74, 6) is 2.06. The molecule has 0 atom stereocenters. The summed E-state index contributed by atoms with van der Waals surface area (Å²) in [7, 11) is 0. The number of benzene rings is 2. The van der Waals surface area contributed by atoms with Gasteiger partial charge in [-0.3, -0.25) is 0 Å². The number of hydrogen-bond acceptors (Lipinski definition) is 1. The van der Waals surface area contributed by atoms with Gasteiger partial charge in [-0.05, 0) is 66.0 Å². The van der Waals surface area contributed by atoms with Gasteiger partial charge in [0.2, 0.25) is 0 Å². The van der Waals surface area contributed by atoms with Crippen LogP contribution >= 0.6 is 0 Å². The maximum atomic E-state index is 9.58. The van der Waals surface area contributed by atoms with Gasteiger partial charge in [0.25, 0.3) is 0 Å². The van der Waals surface area contributed by atoms with Crippen LogP contribution in [-0.2, 0) is 0 Å². The van der Waals surface area contributed by atoms with Crippen LogP contribution in [0.4, 0.5) is 0 Å². The van der Waals surface area contributed by atoms with E-state index in [0.717, 1.165) is 17.2 Å². The molecule has 0 unspecified atom stereocenters. The van der Waals surface area contributed by atoms with Crippen molar-refractivity contribution >= 4 is 10.8 Å². The number of unbranched alkanes of at least 4 members (excludes halogenated alkanes) is 3. The summed E-state index contributed by atoms with van der Waals surface area (Å²) in [5, 5.41) is 12.0. The number of phenols is 1. The molecule has 0 aromatic heterocycles. The Kier molecular flexibility index (Phi) is 5.59. The van der Waals surface area contributed by atoms with Gasteiger partial charge in [0, 0.05) is 0 Å². The monoisotopic (exact) mass is 310 g/mol. The molecule has 1 nitrogen and oxygen atoms in total. The molecule has 0 bridgehead atoms. The van der Waals surface area contributed by atoms with Crippen LogP contribution in [0, 0.1) is 5.92 Å². The molecule has 1 aliphatic carbocycles. The van der Waals surface area contributed by atoms with Gasteiger partial charge < -0.3 is 5.11 Å². The molecule has 2 aromatic carbocycles. The zero-order chi connectivity index (χ0) is 16.1. The predicted octanol–water partition coefficient (Wildman–Crippen LogP) is 6.79. The molecular formula is C22H30O. The van der Waals surface area contributed by atoms with Crippen LogP contribution < -0.4 is 0 Å². The van der Waals surface area contributed by atoms with E-state index >= 15 is 0 Å². The molecule has 0 heterocycles. The van der Waals surface area contributed by atoms with E-state index in [0.29, 0.717) is 5.75 Å². The summed E-state index contributed by atoms with van der Waals surface area (Å²) in [6, 6.07) is 12.5. The standard InChI is InChI=1S/C22H30O/c1-2-3-4-5-6-17-7-9-18(10-8-17)19-11-12-21-16-22(23)14-13-20(21)15-19/h11-18,23H,2-10H2,1H3. The maximum Gasteiger partial charge on any atom is 0.116 e. The minimum absolute atomic E-state index is 0.355. The lowest BCUT2D eigenvalue weighted by molar-refractivity contribution is 0.302. The lowest BCUT2D eigenvalue weighted by atomic mass is 9.77. The summed E-state index contributed by atoms with van der Waals surface area (Å²) < 4.78 is 0. The Labute approximate surface area is 140 Å². The number of phenolic OH excluding ortho intramolecular Hbond substituents is 1. The van der Waals surface area contributed by atoms with Crippen molar-refractivity contribution in [3.63, 3.8) is 0 Å². The fourth-order valence-electron chi connectivity index (χ4n) is 4.15. The van der Waals surface area contributed by atoms with Gasteiger partial charge in [0.1, 0.15) is 5.75 Å². The summed E-state index contributed by atoms with van der Waals surface area (Å²) in [6.07, 6.45) is 12.6. The van der Waals surface area contributed by atoms with Crippen molar-refractivity contribution in [1.82, 2.24) is 0 Å². The van der Waals surface area contributed by atoms with E-state index in [4.69, 9.17) is 0 Å². The smallest absolute Gasteiger partial charge is 0.116 e. The molecular weight excluding hydrogens is 280 g/mol. The molecule has 0 aliphatic heterocycles. The molecule has 2 aromatic rings. The summed E-state index contributed by atoms with van der Waals surface area (Å²) >= 11 is 0. The van der Waals surface area contributed by atoms with Crippen molar-refractivity contribution in [1.29, 1.82) is 0 Å². The average molecular weight is 310 g/mol. The van der Waals surface area contributed by atoms with Gasteiger partial charge in [-0.15, -0.1) is 0 Å². The number of hydrogen-bond donors (Lipinski definition) is 1. The first-order valence-electron chi connectivity index (χ1n) is 9.49. The van der Waals surface area contributed by atoms with Gasteiger partial charge in [-0.25, -0.2) is 0 Å². The third-order valence-corrected chi connectivity index (χ3v) is 5.63. The Morgan fingerprint density at radius 3 is 2.39 bits per heavy atom. The second-order valence-electron chi connectivity index (χ2n) is 7.36. The number of fused-ring (bicyclic) bond motifs is 1. The van der Waals surface area contributed by atoms with Gasteiger partial charge in [0.15, 0.2) is 0 Å². The molecule has 0 spiro atoms. The van der Waals surface area contributed by atoms with E-state index in [1.165, 1.54) is 68.7 Å². The highest BCUT2D eigenvalue weighted by Gasteiger charge is 2.22. The van der Waals surface area contributed by atoms with Crippen molar-refractivity contribution in [2.45, 2.75) is 70.6 Å². The fourth-order valence-corrected chi connectivity index (χ4v) is 4.15. The van der Waals surface area contributed by atoms with E-state index in [-0.39, 0.29) is 0 Å². The lowest BCUT2D eigenvalue weighted by Gasteiger charge is -2.29. The van der Waals surface area contributed by atoms with Gasteiger partial charge in [-0.1, -0.05) is 63.3 Å². The first-order valence-corrected chi connectivity index (χ1v) is 9.49. The van der Waals surface area contributed by atoms with Gasteiger partial charge in [0.05, 0.1) is 0 Å². The van der Waals surface area contributed by atoms with Crippen molar-refractivity contribution in [3.8, 4) is 5.75 Å². The average Bonchev–Trinajstić information content (AvgIpc) is 2.59. The van der Waals surface area contributed by atoms with Crippen LogP contribution in [0.5, 0.6) is 5.75 Å². The van der Waals surface area contributed by atoms with Crippen molar-refractivity contribution in [2.24, 2.45) is 5.92 Å². The SMILES string of the molecule is CCCCCCC1CCC(c2ccc3cc(O)ccc3c2)CC1. The zero-order valence-electron chi connectivity index (χ0n) is 14.4. The first kappa shape index (κ1) is 16.4. The van der Waals surface area contributed by atoms with Crippen molar-refractivity contribution < 1.29 is 5.11 Å². The summed E-state index contributed by atoms with van der Waals surface area (Å²) in [6.45, 7) is 2.29. The molecule has 1 saturated carbocycles. The van der Waals surface area contributed by atoms with Crippen LogP contribution in [0.2, 0.25) is 0 Å². The Hall–Kier alpha value is -1.50. The molecule has 0 radical (unpaired) electrons. The predicted molar refractivity (Wildman–Crippen MR) is 99.1 cm³/mol. The Bertz CT molecular complexity index is 623. The molecule has 1 heteroatoms. The summed E-state index contributed by atoms with van der Waals surface area (Å²) in [5.41, 5.74) is 1.49. The lowest BCUT2D eigenvalue weighted by Crippen LogP contribution is -2.13. The quantitative estimate of drug-likeness (QED) is 0.582. The van der Waals surface area contributed by atoms with Crippen molar-refractivity contribution in [3.05, 3.63) is 42.0 Å². The molecule has 0 saturated heterocycles. The van der Waals surface area contributed by atoms with Crippen LogP contribution in [0.3, 0.4) is 0 Å². The number of aromatic hydroxyl groups is 1. The topological polar surface area (TPSA) is 20.2 Å². The van der Waals surface area contributed by atoms with Crippen molar-refractivity contribution in [2.75, 3.05) is 0 Å². The maximum absolute atomic E-state index is 9.58. The highest BCUT2D eigenvalue weighted by molar-refractivity contribution is 5.84. The van der Waals surface area contributed by atoms with E-state index in [9.17, 15) is 5.11 Å². The highest BCUT2D eigenvalue weighted by Crippen LogP contribution is 2.38.